The van der Waals surface area contributed by atoms with Crippen molar-refractivity contribution in [3.8, 4) is 0 Å². The SMILES string of the molecule is CC(C)[C@H](NC(=O)CCCCCN1C(=O)C=CC1=O)C(=O)C[C@@H](CCCNC(N)=O)C(=O)Nc1ccc(COC(=O)NCCCOCCOCCOCCCN)cc1. The maximum atomic E-state index is 13.5. The third-order valence-corrected chi connectivity index (χ3v) is 8.93. The first-order valence-electron chi connectivity index (χ1n) is 20.0. The van der Waals surface area contributed by atoms with Crippen LogP contribution in [0, 0.1) is 11.8 Å². The first-order chi connectivity index (χ1) is 27.9. The fraction of sp³-hybridized carbons (Fsp3) is 0.625. The van der Waals surface area contributed by atoms with Gasteiger partial charge in [-0.2, -0.15) is 0 Å². The fourth-order valence-corrected chi connectivity index (χ4v) is 5.72. The zero-order valence-electron chi connectivity index (χ0n) is 33.9. The van der Waals surface area contributed by atoms with Crippen LogP contribution in [0.1, 0.15) is 77.2 Å². The summed E-state index contributed by atoms with van der Waals surface area (Å²) >= 11 is 0. The van der Waals surface area contributed by atoms with Gasteiger partial charge in [-0.3, -0.25) is 28.9 Å². The van der Waals surface area contributed by atoms with E-state index in [0.29, 0.717) is 96.1 Å². The average Bonchev–Trinajstić information content (AvgIpc) is 3.51. The minimum atomic E-state index is -0.824. The Balaban J connectivity index is 1.77. The molecule has 0 radical (unpaired) electrons. The summed E-state index contributed by atoms with van der Waals surface area (Å²) in [6.07, 6.45) is 5.63. The highest BCUT2D eigenvalue weighted by Crippen LogP contribution is 2.20. The lowest BCUT2D eigenvalue weighted by Gasteiger charge is -2.24. The van der Waals surface area contributed by atoms with Gasteiger partial charge in [-0.05, 0) is 68.7 Å². The van der Waals surface area contributed by atoms with Gasteiger partial charge in [0.1, 0.15) is 6.61 Å². The number of ether oxygens (including phenoxy) is 4. The first-order valence-corrected chi connectivity index (χ1v) is 20.0. The van der Waals surface area contributed by atoms with E-state index in [9.17, 15) is 33.6 Å². The van der Waals surface area contributed by atoms with Crippen LogP contribution in [-0.4, -0.2) is 118 Å². The zero-order valence-corrected chi connectivity index (χ0v) is 33.9. The Kier molecular flexibility index (Phi) is 24.9. The number of alkyl carbamates (subject to hydrolysis) is 1. The normalized spacial score (nSPS) is 13.3. The van der Waals surface area contributed by atoms with Crippen molar-refractivity contribution in [2.45, 2.75) is 84.3 Å². The Bertz CT molecular complexity index is 1460. The van der Waals surface area contributed by atoms with Crippen molar-refractivity contribution >= 4 is 47.2 Å². The van der Waals surface area contributed by atoms with Gasteiger partial charge in [-0.15, -0.1) is 0 Å². The molecule has 0 saturated carbocycles. The highest BCUT2D eigenvalue weighted by Gasteiger charge is 2.29. The van der Waals surface area contributed by atoms with Crippen LogP contribution in [0.2, 0.25) is 0 Å². The molecular formula is C40H63N7O11. The molecular weight excluding hydrogens is 754 g/mol. The molecule has 324 valence electrons. The van der Waals surface area contributed by atoms with Gasteiger partial charge in [0.15, 0.2) is 5.78 Å². The molecule has 0 spiro atoms. The molecule has 2 rings (SSSR count). The van der Waals surface area contributed by atoms with Crippen molar-refractivity contribution < 1.29 is 52.5 Å². The number of anilines is 1. The summed E-state index contributed by atoms with van der Waals surface area (Å²) in [7, 11) is 0. The summed E-state index contributed by atoms with van der Waals surface area (Å²) in [5, 5.41) is 10.8. The number of imide groups is 1. The number of rotatable bonds is 32. The quantitative estimate of drug-likeness (QED) is 0.0452. The summed E-state index contributed by atoms with van der Waals surface area (Å²) in [5.74, 6) is -2.73. The van der Waals surface area contributed by atoms with Crippen molar-refractivity contribution in [2.24, 2.45) is 23.3 Å². The van der Waals surface area contributed by atoms with Gasteiger partial charge in [-0.25, -0.2) is 9.59 Å². The molecule has 0 unspecified atom stereocenters. The van der Waals surface area contributed by atoms with Gasteiger partial charge < -0.3 is 51.7 Å². The van der Waals surface area contributed by atoms with Gasteiger partial charge in [-0.1, -0.05) is 32.4 Å². The molecule has 0 aromatic heterocycles. The van der Waals surface area contributed by atoms with E-state index in [-0.39, 0.29) is 68.4 Å². The molecule has 1 aromatic rings. The van der Waals surface area contributed by atoms with E-state index in [1.807, 2.05) is 13.8 Å². The highest BCUT2D eigenvalue weighted by molar-refractivity contribution is 6.12. The van der Waals surface area contributed by atoms with E-state index in [2.05, 4.69) is 21.3 Å². The Labute approximate surface area is 340 Å². The standard InChI is InChI=1S/C40H63N7O11/c1-29(2)37(46-34(49)10-4-3-5-20-47-35(50)15-16-36(47)51)33(48)27-31(9-6-18-43-39(42)53)38(52)45-32-13-11-30(12-14-32)28-58-40(54)44-19-8-22-56-24-26-57-25-23-55-21-7-17-41/h11-16,29,31,37H,3-10,17-28,41H2,1-2H3,(H,44,54)(H,45,52)(H,46,49)(H3,42,43,53)/t31-,37+/m1/s1. The number of amides is 7. The summed E-state index contributed by atoms with van der Waals surface area (Å²) in [4.78, 5) is 87.7. The van der Waals surface area contributed by atoms with E-state index >= 15 is 0 Å². The molecule has 0 saturated heterocycles. The number of hydrogen-bond acceptors (Lipinski definition) is 12. The first kappa shape index (κ1) is 49.2. The van der Waals surface area contributed by atoms with Crippen LogP contribution in [0.15, 0.2) is 36.4 Å². The largest absolute Gasteiger partial charge is 0.445 e. The van der Waals surface area contributed by atoms with Crippen LogP contribution < -0.4 is 32.7 Å². The lowest BCUT2D eigenvalue weighted by atomic mass is 9.89. The smallest absolute Gasteiger partial charge is 0.407 e. The summed E-state index contributed by atoms with van der Waals surface area (Å²) in [6.45, 7) is 8.06. The molecule has 1 aliphatic rings. The number of nitrogens with zero attached hydrogens (tertiary/aromatic N) is 1. The second-order valence-electron chi connectivity index (χ2n) is 14.1. The number of carbonyl (C=O) groups is 7. The molecule has 0 bridgehead atoms. The summed E-state index contributed by atoms with van der Waals surface area (Å²) < 4.78 is 21.5. The third-order valence-electron chi connectivity index (χ3n) is 8.93. The van der Waals surface area contributed by atoms with Crippen molar-refractivity contribution in [1.82, 2.24) is 20.9 Å². The number of carbonyl (C=O) groups excluding carboxylic acids is 7. The Morgan fingerprint density at radius 1 is 0.759 bits per heavy atom. The lowest BCUT2D eigenvalue weighted by Crippen LogP contribution is -2.45. The van der Waals surface area contributed by atoms with Crippen LogP contribution in [-0.2, 0) is 49.5 Å². The number of ketones is 1. The number of benzene rings is 1. The maximum absolute atomic E-state index is 13.5. The van der Waals surface area contributed by atoms with E-state index < -0.39 is 30.0 Å². The van der Waals surface area contributed by atoms with Gasteiger partial charge in [0, 0.05) is 69.4 Å². The topological polar surface area (TPSA) is 260 Å². The van der Waals surface area contributed by atoms with Crippen molar-refractivity contribution in [3.05, 3.63) is 42.0 Å². The van der Waals surface area contributed by atoms with Gasteiger partial charge in [0.05, 0.1) is 32.5 Å². The number of Topliss-reactive ketones (excluding diaryl/α,β-unsaturated/α-hetero) is 1. The number of nitrogens with two attached hydrogens (primary N) is 2. The molecule has 0 fully saturated rings. The van der Waals surface area contributed by atoms with Crippen molar-refractivity contribution in [1.29, 1.82) is 0 Å². The van der Waals surface area contributed by atoms with E-state index in [1.165, 1.54) is 12.2 Å². The molecule has 1 aliphatic heterocycles. The molecule has 58 heavy (non-hydrogen) atoms. The Morgan fingerprint density at radius 2 is 1.38 bits per heavy atom. The average molecular weight is 818 g/mol. The Morgan fingerprint density at radius 3 is 2.00 bits per heavy atom. The fourth-order valence-electron chi connectivity index (χ4n) is 5.72. The van der Waals surface area contributed by atoms with Crippen LogP contribution in [0.25, 0.3) is 0 Å². The van der Waals surface area contributed by atoms with Gasteiger partial charge in [0.2, 0.25) is 11.8 Å². The maximum Gasteiger partial charge on any atom is 0.407 e. The molecule has 2 atom stereocenters. The summed E-state index contributed by atoms with van der Waals surface area (Å²) in [6, 6.07) is 5.20. The number of primary amides is 1. The number of urea groups is 1. The minimum absolute atomic E-state index is 0.00840. The van der Waals surface area contributed by atoms with Crippen LogP contribution in [0.4, 0.5) is 15.3 Å². The Hall–Kier alpha value is -4.91. The van der Waals surface area contributed by atoms with Crippen LogP contribution in [0.3, 0.4) is 0 Å². The monoisotopic (exact) mass is 817 g/mol. The van der Waals surface area contributed by atoms with Gasteiger partial charge >= 0.3 is 12.1 Å². The molecule has 7 amide bonds. The number of hydrogen-bond donors (Lipinski definition) is 6. The van der Waals surface area contributed by atoms with E-state index in [1.54, 1.807) is 24.3 Å². The van der Waals surface area contributed by atoms with E-state index in [0.717, 1.165) is 11.3 Å². The number of nitrogens with one attached hydrogen (secondary N) is 4. The minimum Gasteiger partial charge on any atom is -0.445 e. The highest BCUT2D eigenvalue weighted by atomic mass is 16.6. The van der Waals surface area contributed by atoms with E-state index in [4.69, 9.17) is 30.4 Å². The zero-order chi connectivity index (χ0) is 42.5. The molecule has 1 heterocycles. The molecule has 8 N–H and O–H groups in total. The molecule has 1 aromatic carbocycles. The predicted molar refractivity (Wildman–Crippen MR) is 215 cm³/mol. The van der Waals surface area contributed by atoms with Crippen molar-refractivity contribution in [2.75, 3.05) is 71.1 Å². The van der Waals surface area contributed by atoms with Crippen LogP contribution in [0.5, 0.6) is 0 Å². The second kappa shape index (κ2) is 29.3. The third kappa shape index (κ3) is 21.6. The van der Waals surface area contributed by atoms with Gasteiger partial charge in [0.25, 0.3) is 11.8 Å². The van der Waals surface area contributed by atoms with Crippen LogP contribution >= 0.6 is 0 Å². The molecule has 0 aliphatic carbocycles. The molecule has 18 heteroatoms. The lowest BCUT2D eigenvalue weighted by molar-refractivity contribution is -0.137. The van der Waals surface area contributed by atoms with Crippen molar-refractivity contribution in [3.63, 3.8) is 0 Å². The second-order valence-corrected chi connectivity index (χ2v) is 14.1. The summed E-state index contributed by atoms with van der Waals surface area (Å²) in [5.41, 5.74) is 11.7. The number of unbranched alkanes of at least 4 members (excludes halogenated alkanes) is 2. The predicted octanol–water partition coefficient (Wildman–Crippen LogP) is 2.29. The molecule has 18 nitrogen and oxygen atoms in total.